The van der Waals surface area contributed by atoms with Gasteiger partial charge in [0.15, 0.2) is 0 Å². The fourth-order valence-electron chi connectivity index (χ4n) is 7.25. The summed E-state index contributed by atoms with van der Waals surface area (Å²) in [5, 5.41) is 2.60. The van der Waals surface area contributed by atoms with E-state index in [0.29, 0.717) is 0 Å². The van der Waals surface area contributed by atoms with E-state index < -0.39 is 0 Å². The van der Waals surface area contributed by atoms with Gasteiger partial charge in [0.2, 0.25) is 0 Å². The summed E-state index contributed by atoms with van der Waals surface area (Å²) < 4.78 is 2.40. The summed E-state index contributed by atoms with van der Waals surface area (Å²) in [5.41, 5.74) is 14.9. The highest BCUT2D eigenvalue weighted by atomic mass is 15.0. The van der Waals surface area contributed by atoms with E-state index in [0.717, 1.165) is 5.69 Å². The van der Waals surface area contributed by atoms with Crippen LogP contribution in [0, 0.1) is 0 Å². The molecule has 0 fully saturated rings. The van der Waals surface area contributed by atoms with Crippen molar-refractivity contribution in [3.8, 4) is 27.9 Å². The van der Waals surface area contributed by atoms with Crippen LogP contribution in [0.25, 0.3) is 49.7 Å². The highest BCUT2D eigenvalue weighted by Crippen LogP contribution is 2.59. The second-order valence-corrected chi connectivity index (χ2v) is 11.7. The monoisotopic (exact) mass is 476 g/mol. The number of aromatic nitrogens is 2. The number of fused-ring (bicyclic) bond motifs is 10. The van der Waals surface area contributed by atoms with Gasteiger partial charge in [-0.2, -0.15) is 0 Å². The van der Waals surface area contributed by atoms with E-state index >= 15 is 0 Å². The molecule has 0 bridgehead atoms. The van der Waals surface area contributed by atoms with E-state index in [1.807, 2.05) is 12.4 Å². The fourth-order valence-corrected chi connectivity index (χ4v) is 7.25. The van der Waals surface area contributed by atoms with Gasteiger partial charge in [0.1, 0.15) is 0 Å². The second-order valence-electron chi connectivity index (χ2n) is 11.7. The maximum Gasteiger partial charge on any atom is 0.0547 e. The van der Waals surface area contributed by atoms with Crippen molar-refractivity contribution in [1.82, 2.24) is 9.55 Å². The van der Waals surface area contributed by atoms with E-state index in [1.165, 1.54) is 66.3 Å². The number of nitrogens with zero attached hydrogens (tertiary/aromatic N) is 2. The van der Waals surface area contributed by atoms with Gasteiger partial charge in [0.05, 0.1) is 11.0 Å². The fraction of sp³-hybridized carbons (Fsp3) is 0.171. The predicted octanol–water partition coefficient (Wildman–Crippen LogP) is 8.79. The first-order valence-corrected chi connectivity index (χ1v) is 13.2. The minimum Gasteiger partial charge on any atom is -0.309 e. The van der Waals surface area contributed by atoms with Crippen LogP contribution in [0.5, 0.6) is 0 Å². The standard InChI is InChI=1S/C35H28N2/c1-34(2)26-11-7-5-10-23(26)32-27(34)13-14-28-33(32)25-20-31-24(19-29(25)35(28,3)4)22-9-6-8-12-30(22)37(31)21-15-17-36-18-16-21/h5-20H,1-4H3. The molecule has 0 atom stereocenters. The molecule has 2 aliphatic rings. The van der Waals surface area contributed by atoms with Crippen LogP contribution in [0.4, 0.5) is 0 Å². The molecule has 0 N–H and O–H groups in total. The van der Waals surface area contributed by atoms with Crippen molar-refractivity contribution in [2.75, 3.05) is 0 Å². The number of hydrogen-bond donors (Lipinski definition) is 0. The Balaban J connectivity index is 1.54. The predicted molar refractivity (Wildman–Crippen MR) is 154 cm³/mol. The summed E-state index contributed by atoms with van der Waals surface area (Å²) >= 11 is 0. The molecule has 2 aromatic heterocycles. The molecule has 6 aromatic rings. The first kappa shape index (κ1) is 21.0. The van der Waals surface area contributed by atoms with Crippen LogP contribution in [0.2, 0.25) is 0 Å². The summed E-state index contributed by atoms with van der Waals surface area (Å²) in [4.78, 5) is 4.28. The third-order valence-electron chi connectivity index (χ3n) is 9.10. The Bertz CT molecular complexity index is 1920. The third kappa shape index (κ3) is 2.48. The highest BCUT2D eigenvalue weighted by Gasteiger charge is 2.43. The highest BCUT2D eigenvalue weighted by molar-refractivity contribution is 6.12. The maximum absolute atomic E-state index is 4.28. The lowest BCUT2D eigenvalue weighted by Gasteiger charge is -2.24. The molecule has 2 heteroatoms. The van der Waals surface area contributed by atoms with Crippen molar-refractivity contribution in [3.63, 3.8) is 0 Å². The van der Waals surface area contributed by atoms with E-state index in [9.17, 15) is 0 Å². The molecule has 0 unspecified atom stereocenters. The average Bonchev–Trinajstić information content (AvgIpc) is 3.45. The number of pyridine rings is 1. The Morgan fingerprint density at radius 3 is 1.97 bits per heavy atom. The molecule has 0 aliphatic heterocycles. The Kier molecular flexibility index (Phi) is 3.84. The lowest BCUT2D eigenvalue weighted by molar-refractivity contribution is 0.651. The maximum atomic E-state index is 4.28. The summed E-state index contributed by atoms with van der Waals surface area (Å²) in [7, 11) is 0. The van der Waals surface area contributed by atoms with Gasteiger partial charge in [-0.05, 0) is 74.8 Å². The Morgan fingerprint density at radius 1 is 0.541 bits per heavy atom. The second kappa shape index (κ2) is 6.77. The zero-order valence-corrected chi connectivity index (χ0v) is 21.6. The molecule has 2 heterocycles. The Labute approximate surface area is 217 Å². The number of hydrogen-bond acceptors (Lipinski definition) is 1. The zero-order chi connectivity index (χ0) is 25.1. The minimum atomic E-state index is -0.0740. The Morgan fingerprint density at radius 2 is 1.19 bits per heavy atom. The van der Waals surface area contributed by atoms with Gasteiger partial charge < -0.3 is 4.57 Å². The molecule has 0 saturated heterocycles. The molecule has 0 saturated carbocycles. The lowest BCUT2D eigenvalue weighted by atomic mass is 9.79. The van der Waals surface area contributed by atoms with Gasteiger partial charge in [-0.3, -0.25) is 4.98 Å². The topological polar surface area (TPSA) is 17.8 Å². The summed E-state index contributed by atoms with van der Waals surface area (Å²) in [5.74, 6) is 0. The first-order valence-electron chi connectivity index (χ1n) is 13.2. The van der Waals surface area contributed by atoms with Gasteiger partial charge in [-0.1, -0.05) is 82.3 Å². The number of benzene rings is 4. The lowest BCUT2D eigenvalue weighted by Crippen LogP contribution is -2.17. The van der Waals surface area contributed by atoms with Crippen LogP contribution in [0.15, 0.2) is 97.3 Å². The first-order chi connectivity index (χ1) is 17.9. The van der Waals surface area contributed by atoms with Crippen LogP contribution < -0.4 is 0 Å². The summed E-state index contributed by atoms with van der Waals surface area (Å²) in [6, 6.07) is 31.7. The third-order valence-corrected chi connectivity index (χ3v) is 9.10. The zero-order valence-electron chi connectivity index (χ0n) is 21.6. The molecule has 4 aromatic carbocycles. The minimum absolute atomic E-state index is 0.0100. The normalized spacial score (nSPS) is 16.0. The van der Waals surface area contributed by atoms with E-state index in [1.54, 1.807) is 0 Å². The van der Waals surface area contributed by atoms with Crippen molar-refractivity contribution in [2.45, 2.75) is 38.5 Å². The largest absolute Gasteiger partial charge is 0.309 e. The summed E-state index contributed by atoms with van der Waals surface area (Å²) in [6.45, 7) is 9.53. The van der Waals surface area contributed by atoms with Gasteiger partial charge in [0, 0.05) is 39.7 Å². The molecule has 8 rings (SSSR count). The van der Waals surface area contributed by atoms with Gasteiger partial charge in [-0.15, -0.1) is 0 Å². The number of rotatable bonds is 1. The van der Waals surface area contributed by atoms with E-state index in [2.05, 4.69) is 122 Å². The molecule has 0 amide bonds. The molecule has 0 spiro atoms. The van der Waals surface area contributed by atoms with Gasteiger partial charge >= 0.3 is 0 Å². The van der Waals surface area contributed by atoms with Crippen LogP contribution in [0.3, 0.4) is 0 Å². The van der Waals surface area contributed by atoms with Crippen LogP contribution in [-0.4, -0.2) is 9.55 Å². The molecule has 0 radical (unpaired) electrons. The molecule has 2 nitrogen and oxygen atoms in total. The van der Waals surface area contributed by atoms with Gasteiger partial charge in [0.25, 0.3) is 0 Å². The van der Waals surface area contributed by atoms with Crippen molar-refractivity contribution in [1.29, 1.82) is 0 Å². The molecular weight excluding hydrogens is 448 g/mol. The molecule has 37 heavy (non-hydrogen) atoms. The van der Waals surface area contributed by atoms with E-state index in [4.69, 9.17) is 0 Å². The molecule has 178 valence electrons. The average molecular weight is 477 g/mol. The van der Waals surface area contributed by atoms with Crippen molar-refractivity contribution < 1.29 is 0 Å². The van der Waals surface area contributed by atoms with Crippen LogP contribution >= 0.6 is 0 Å². The smallest absolute Gasteiger partial charge is 0.0547 e. The van der Waals surface area contributed by atoms with Crippen molar-refractivity contribution >= 4 is 21.8 Å². The SMILES string of the molecule is CC1(C)c2ccccc2-c2c1ccc1c2-c2cc3c(cc2C1(C)C)c1ccccc1n3-c1ccncc1. The molecular formula is C35H28N2. The summed E-state index contributed by atoms with van der Waals surface area (Å²) in [6.07, 6.45) is 3.77. The Hall–Kier alpha value is -4.17. The molecule has 2 aliphatic carbocycles. The van der Waals surface area contributed by atoms with Gasteiger partial charge in [-0.25, -0.2) is 0 Å². The van der Waals surface area contributed by atoms with Crippen molar-refractivity contribution in [3.05, 3.63) is 120 Å². The quantitative estimate of drug-likeness (QED) is 0.232. The van der Waals surface area contributed by atoms with E-state index in [-0.39, 0.29) is 10.8 Å². The van der Waals surface area contributed by atoms with Crippen molar-refractivity contribution in [2.24, 2.45) is 0 Å². The number of para-hydroxylation sites is 1. The van der Waals surface area contributed by atoms with Crippen LogP contribution in [-0.2, 0) is 10.8 Å². The van der Waals surface area contributed by atoms with Crippen LogP contribution in [0.1, 0.15) is 49.9 Å².